The molecule has 0 fully saturated rings. The van der Waals surface area contributed by atoms with Gasteiger partial charge in [-0.3, -0.25) is 4.98 Å². The van der Waals surface area contributed by atoms with E-state index < -0.39 is 0 Å². The average molecular weight is 457 g/mol. The van der Waals surface area contributed by atoms with E-state index in [9.17, 15) is 0 Å². The number of aromatic nitrogens is 2. The normalized spacial score (nSPS) is 17.5. The van der Waals surface area contributed by atoms with E-state index in [0.29, 0.717) is 0 Å². The number of benzene rings is 2. The number of anilines is 1. The van der Waals surface area contributed by atoms with E-state index in [1.807, 2.05) is 49.8 Å². The third kappa shape index (κ3) is 4.22. The van der Waals surface area contributed by atoms with Crippen LogP contribution in [0.2, 0.25) is 5.02 Å². The van der Waals surface area contributed by atoms with Gasteiger partial charge >= 0.3 is 0 Å². The highest BCUT2D eigenvalue weighted by Crippen LogP contribution is 2.37. The smallest absolute Gasteiger partial charge is 0.0832 e. The summed E-state index contributed by atoms with van der Waals surface area (Å²) in [6, 6.07) is 16.7. The molecule has 0 spiro atoms. The number of pyridine rings is 1. The maximum Gasteiger partial charge on any atom is 0.0832 e. The summed E-state index contributed by atoms with van der Waals surface area (Å²) in [7, 11) is 1.69. The molecular formula is C26H25ClN6. The Morgan fingerprint density at radius 1 is 1.09 bits per heavy atom. The van der Waals surface area contributed by atoms with Crippen LogP contribution in [0, 0.1) is 0 Å². The molecule has 0 saturated carbocycles. The van der Waals surface area contributed by atoms with Crippen LogP contribution in [0.3, 0.4) is 0 Å². The van der Waals surface area contributed by atoms with Gasteiger partial charge in [0.15, 0.2) is 0 Å². The highest BCUT2D eigenvalue weighted by Gasteiger charge is 2.24. The third-order valence-corrected chi connectivity index (χ3v) is 6.27. The first-order valence-electron chi connectivity index (χ1n) is 11.0. The molecule has 0 amide bonds. The lowest BCUT2D eigenvalue weighted by atomic mass is 9.92. The number of hydrogen-bond acceptors (Lipinski definition) is 5. The van der Waals surface area contributed by atoms with Gasteiger partial charge in [-0.15, -0.1) is 0 Å². The molecule has 3 heterocycles. The van der Waals surface area contributed by atoms with Crippen molar-refractivity contribution in [2.75, 3.05) is 18.9 Å². The van der Waals surface area contributed by atoms with E-state index in [0.717, 1.165) is 62.7 Å². The second kappa shape index (κ2) is 9.08. The molecule has 1 atom stereocenters. The van der Waals surface area contributed by atoms with Crippen molar-refractivity contribution in [1.82, 2.24) is 15.3 Å². The van der Waals surface area contributed by atoms with E-state index in [4.69, 9.17) is 11.6 Å². The molecule has 7 heteroatoms. The predicted molar refractivity (Wildman–Crippen MR) is 135 cm³/mol. The fourth-order valence-corrected chi connectivity index (χ4v) is 4.59. The van der Waals surface area contributed by atoms with Crippen LogP contribution in [0.25, 0.3) is 27.7 Å². The van der Waals surface area contributed by atoms with Crippen molar-refractivity contribution in [1.29, 1.82) is 0 Å². The van der Waals surface area contributed by atoms with E-state index in [-0.39, 0.29) is 6.04 Å². The zero-order chi connectivity index (χ0) is 22.8. The molecule has 6 nitrogen and oxygen atoms in total. The number of aromatic amines is 1. The van der Waals surface area contributed by atoms with Crippen molar-refractivity contribution in [3.63, 3.8) is 0 Å². The number of rotatable bonds is 4. The molecule has 4 aromatic rings. The highest BCUT2D eigenvalue weighted by molar-refractivity contribution is 6.30. The molecule has 1 unspecified atom stereocenters. The molecule has 0 saturated heterocycles. The summed E-state index contributed by atoms with van der Waals surface area (Å²) in [6.07, 6.45) is 6.65. The lowest BCUT2D eigenvalue weighted by Gasteiger charge is -2.21. The maximum absolute atomic E-state index is 6.10. The van der Waals surface area contributed by atoms with Gasteiger partial charge in [-0.1, -0.05) is 23.7 Å². The van der Waals surface area contributed by atoms with Gasteiger partial charge in [0.25, 0.3) is 0 Å². The summed E-state index contributed by atoms with van der Waals surface area (Å²) in [4.78, 5) is 7.70. The first-order valence-corrected chi connectivity index (χ1v) is 11.3. The third-order valence-electron chi connectivity index (χ3n) is 6.02. The van der Waals surface area contributed by atoms with E-state index >= 15 is 0 Å². The van der Waals surface area contributed by atoms with Crippen LogP contribution in [0.15, 0.2) is 83.0 Å². The number of fused-ring (bicyclic) bond motifs is 2. The molecule has 166 valence electrons. The first-order chi connectivity index (χ1) is 16.1. The topological polar surface area (TPSA) is 77.5 Å². The molecule has 2 aromatic carbocycles. The fraction of sp³-hybridized carbons (Fsp3) is 0.192. The summed E-state index contributed by atoms with van der Waals surface area (Å²) in [5.41, 5.74) is 8.52. The minimum atomic E-state index is 0.107. The number of hydrogen-bond donors (Lipinski definition) is 3. The Morgan fingerprint density at radius 3 is 2.76 bits per heavy atom. The number of H-pyrrole nitrogens is 1. The summed E-state index contributed by atoms with van der Waals surface area (Å²) >= 11 is 6.10. The van der Waals surface area contributed by atoms with E-state index in [1.54, 1.807) is 7.05 Å². The predicted octanol–water partition coefficient (Wildman–Crippen LogP) is 6.80. The monoisotopic (exact) mass is 456 g/mol. The van der Waals surface area contributed by atoms with Crippen molar-refractivity contribution < 1.29 is 0 Å². The van der Waals surface area contributed by atoms with Crippen molar-refractivity contribution >= 4 is 33.9 Å². The standard InChI is InChI=1S/C26H25ClN6/c1-16(33-28-2)26-21-8-3-17(23-14-29-15-25-20(23)9-11-30-25)13-22(21)24(10-12-31-26)32-19-6-4-18(27)5-7-19/h3-9,11,13-15,24,30-32H,10,12H2,1-2H3/b26-16-,33-28-. The molecule has 1 aliphatic rings. The van der Waals surface area contributed by atoms with Gasteiger partial charge in [-0.05, 0) is 60.9 Å². The highest BCUT2D eigenvalue weighted by atomic mass is 35.5. The average Bonchev–Trinajstić information content (AvgIpc) is 3.24. The van der Waals surface area contributed by atoms with Crippen LogP contribution >= 0.6 is 11.6 Å². The Balaban J connectivity index is 1.65. The lowest BCUT2D eigenvalue weighted by Crippen LogP contribution is -2.15. The quantitative estimate of drug-likeness (QED) is 0.295. The Bertz CT molecular complexity index is 1350. The van der Waals surface area contributed by atoms with Gasteiger partial charge in [-0.2, -0.15) is 10.2 Å². The van der Waals surface area contributed by atoms with Crippen LogP contribution in [-0.2, 0) is 0 Å². The van der Waals surface area contributed by atoms with Crippen LogP contribution in [0.5, 0.6) is 0 Å². The largest absolute Gasteiger partial charge is 0.383 e. The summed E-state index contributed by atoms with van der Waals surface area (Å²) in [5.74, 6) is 0. The summed E-state index contributed by atoms with van der Waals surface area (Å²) < 4.78 is 0. The minimum absolute atomic E-state index is 0.107. The van der Waals surface area contributed by atoms with Gasteiger partial charge in [0.1, 0.15) is 0 Å². The summed E-state index contributed by atoms with van der Waals surface area (Å²) in [5, 5.41) is 17.5. The Morgan fingerprint density at radius 2 is 1.94 bits per heavy atom. The SMILES string of the molecule is C/N=N\C(C)=C1/NCCC(Nc2ccc(Cl)cc2)c2cc(-c3cncc4[nH]ccc34)ccc21. The molecule has 0 bridgehead atoms. The first kappa shape index (κ1) is 21.2. The Kier molecular flexibility index (Phi) is 5.84. The van der Waals surface area contributed by atoms with Gasteiger partial charge < -0.3 is 15.6 Å². The molecule has 1 aliphatic heterocycles. The van der Waals surface area contributed by atoms with Crippen molar-refractivity contribution in [2.24, 2.45) is 10.2 Å². The van der Waals surface area contributed by atoms with Crippen molar-refractivity contribution in [2.45, 2.75) is 19.4 Å². The molecule has 0 radical (unpaired) electrons. The second-order valence-corrected chi connectivity index (χ2v) is 8.54. The van der Waals surface area contributed by atoms with Crippen LogP contribution in [0.1, 0.15) is 30.5 Å². The number of nitrogens with zero attached hydrogens (tertiary/aromatic N) is 3. The van der Waals surface area contributed by atoms with E-state index in [1.165, 1.54) is 5.56 Å². The Labute approximate surface area is 197 Å². The van der Waals surface area contributed by atoms with E-state index in [2.05, 4.69) is 55.1 Å². The molecule has 3 N–H and O–H groups in total. The molecule has 33 heavy (non-hydrogen) atoms. The maximum atomic E-state index is 6.10. The number of halogens is 1. The molecule has 0 aliphatic carbocycles. The fourth-order valence-electron chi connectivity index (χ4n) is 4.47. The van der Waals surface area contributed by atoms with Gasteiger partial charge in [-0.25, -0.2) is 0 Å². The number of nitrogens with one attached hydrogen (secondary N) is 3. The number of allylic oxidation sites excluding steroid dienone is 1. The second-order valence-electron chi connectivity index (χ2n) is 8.11. The van der Waals surface area contributed by atoms with Crippen LogP contribution in [0.4, 0.5) is 5.69 Å². The molecule has 2 aromatic heterocycles. The zero-order valence-electron chi connectivity index (χ0n) is 18.6. The molecule has 5 rings (SSSR count). The lowest BCUT2D eigenvalue weighted by molar-refractivity contribution is 0.683. The zero-order valence-corrected chi connectivity index (χ0v) is 19.3. The van der Waals surface area contributed by atoms with Gasteiger partial charge in [0.05, 0.1) is 29.1 Å². The van der Waals surface area contributed by atoms with Crippen LogP contribution < -0.4 is 10.6 Å². The molecular weight excluding hydrogens is 432 g/mol. The minimum Gasteiger partial charge on any atom is -0.383 e. The van der Waals surface area contributed by atoms with Gasteiger partial charge in [0.2, 0.25) is 0 Å². The van der Waals surface area contributed by atoms with Crippen molar-refractivity contribution in [3.05, 3.63) is 89.0 Å². The summed E-state index contributed by atoms with van der Waals surface area (Å²) in [6.45, 7) is 2.81. The number of azo groups is 1. The van der Waals surface area contributed by atoms with Crippen LogP contribution in [-0.4, -0.2) is 23.6 Å². The Hall–Kier alpha value is -3.64. The van der Waals surface area contributed by atoms with Crippen molar-refractivity contribution in [3.8, 4) is 11.1 Å². The van der Waals surface area contributed by atoms with Gasteiger partial charge in [0, 0.05) is 53.2 Å².